The predicted octanol–water partition coefficient (Wildman–Crippen LogP) is 9.20. The van der Waals surface area contributed by atoms with Crippen molar-refractivity contribution in [3.8, 4) is 45.0 Å². The maximum absolute atomic E-state index is 6.17. The van der Waals surface area contributed by atoms with Crippen LogP contribution in [-0.4, -0.2) is 15.0 Å². The van der Waals surface area contributed by atoms with E-state index >= 15 is 0 Å². The Balaban J connectivity index is 1.49. The first kappa shape index (κ1) is 22.6. The molecule has 0 bridgehead atoms. The van der Waals surface area contributed by atoms with Crippen LogP contribution in [0.4, 0.5) is 0 Å². The molecular weight excluding hydrogens is 534 g/mol. The smallest absolute Gasteiger partial charge is 0.160 e. The summed E-state index contributed by atoms with van der Waals surface area (Å²) < 4.78 is 7.14. The van der Waals surface area contributed by atoms with E-state index in [1.807, 2.05) is 72.9 Å². The highest BCUT2D eigenvalue weighted by Crippen LogP contribution is 2.38. The van der Waals surface area contributed by atoms with E-state index in [-0.39, 0.29) is 0 Å². The lowest BCUT2D eigenvalue weighted by molar-refractivity contribution is 0.669. The molecule has 0 saturated carbocycles. The Morgan fingerprint density at radius 2 is 1.34 bits per heavy atom. The average molecular weight is 554 g/mol. The summed E-state index contributed by atoms with van der Waals surface area (Å²) in [4.78, 5) is 14.4. The van der Waals surface area contributed by atoms with Crippen LogP contribution >= 0.6 is 15.9 Å². The molecule has 0 N–H and O–H groups in total. The summed E-state index contributed by atoms with van der Waals surface area (Å²) in [5, 5.41) is 2.12. The van der Waals surface area contributed by atoms with Gasteiger partial charge in [-0.25, -0.2) is 9.97 Å². The number of rotatable bonds is 4. The van der Waals surface area contributed by atoms with Crippen LogP contribution in [0.25, 0.3) is 67.0 Å². The molecule has 0 aliphatic heterocycles. The molecule has 0 radical (unpaired) electrons. The lowest BCUT2D eigenvalue weighted by Gasteiger charge is -2.12. The van der Waals surface area contributed by atoms with Crippen LogP contribution in [0.3, 0.4) is 0 Å². The number of fused-ring (bicyclic) bond motifs is 3. The van der Waals surface area contributed by atoms with E-state index in [1.54, 1.807) is 6.20 Å². The summed E-state index contributed by atoms with van der Waals surface area (Å²) in [5.74, 6) is 0.672. The van der Waals surface area contributed by atoms with Crippen molar-refractivity contribution in [1.82, 2.24) is 15.0 Å². The molecule has 3 aromatic heterocycles. The van der Waals surface area contributed by atoms with Crippen LogP contribution in [0.15, 0.2) is 130 Å². The third-order valence-electron chi connectivity index (χ3n) is 6.63. The Bertz CT molecular complexity index is 1930. The maximum atomic E-state index is 6.17. The minimum absolute atomic E-state index is 0.672. The minimum atomic E-state index is 0.672. The quantitative estimate of drug-likeness (QED) is 0.218. The summed E-state index contributed by atoms with van der Waals surface area (Å²) in [5.41, 5.74) is 8.45. The van der Waals surface area contributed by atoms with Crippen molar-refractivity contribution in [3.63, 3.8) is 0 Å². The molecule has 0 saturated heterocycles. The molecule has 4 aromatic carbocycles. The lowest BCUT2D eigenvalue weighted by Crippen LogP contribution is -1.96. The third kappa shape index (κ3) is 4.07. The van der Waals surface area contributed by atoms with Gasteiger partial charge >= 0.3 is 0 Å². The fraction of sp³-hybridized carbons (Fsp3) is 0. The number of halogens is 1. The number of furan rings is 1. The van der Waals surface area contributed by atoms with Crippen molar-refractivity contribution >= 4 is 37.9 Å². The molecule has 7 aromatic rings. The number of para-hydroxylation sites is 1. The van der Waals surface area contributed by atoms with E-state index in [0.717, 1.165) is 65.6 Å². The predicted molar refractivity (Wildman–Crippen MR) is 157 cm³/mol. The SMILES string of the molecule is Brc1cc(-c2cccnc2)cc(-c2cc(-c3cccc4oc5ccccc5c34)nc(-c3ccccc3)n2)c1. The Labute approximate surface area is 227 Å². The van der Waals surface area contributed by atoms with Crippen LogP contribution in [0.1, 0.15) is 0 Å². The minimum Gasteiger partial charge on any atom is -0.456 e. The molecule has 38 heavy (non-hydrogen) atoms. The van der Waals surface area contributed by atoms with Gasteiger partial charge in [0.2, 0.25) is 0 Å². The second-order valence-corrected chi connectivity index (χ2v) is 9.99. The summed E-state index contributed by atoms with van der Waals surface area (Å²) in [6, 6.07) is 36.8. The monoisotopic (exact) mass is 553 g/mol. The summed E-state index contributed by atoms with van der Waals surface area (Å²) in [7, 11) is 0. The van der Waals surface area contributed by atoms with Gasteiger partial charge in [-0.05, 0) is 48.0 Å². The highest BCUT2D eigenvalue weighted by molar-refractivity contribution is 9.10. The standard InChI is InChI=1S/C33H20BrN3O/c34-25-17-23(22-10-7-15-35-20-22)16-24(18-25)28-19-29(37-33(36-28)21-8-2-1-3-9-21)26-12-6-14-31-32(26)27-11-4-5-13-30(27)38-31/h1-20H. The molecule has 0 atom stereocenters. The van der Waals surface area contributed by atoms with Crippen molar-refractivity contribution in [2.24, 2.45) is 0 Å². The summed E-state index contributed by atoms with van der Waals surface area (Å²) >= 11 is 3.71. The van der Waals surface area contributed by atoms with E-state index in [4.69, 9.17) is 14.4 Å². The van der Waals surface area contributed by atoms with Crippen LogP contribution in [-0.2, 0) is 0 Å². The topological polar surface area (TPSA) is 51.8 Å². The normalized spacial score (nSPS) is 11.3. The van der Waals surface area contributed by atoms with E-state index in [2.05, 4.69) is 63.4 Å². The lowest BCUT2D eigenvalue weighted by atomic mass is 10.00. The van der Waals surface area contributed by atoms with E-state index < -0.39 is 0 Å². The van der Waals surface area contributed by atoms with Gasteiger partial charge in [0.05, 0.1) is 11.4 Å². The molecule has 0 unspecified atom stereocenters. The number of hydrogen-bond acceptors (Lipinski definition) is 4. The number of benzene rings is 4. The van der Waals surface area contributed by atoms with E-state index in [1.165, 1.54) is 0 Å². The Kier molecular flexibility index (Phi) is 5.56. The first-order valence-electron chi connectivity index (χ1n) is 12.3. The molecule has 0 aliphatic rings. The first-order chi connectivity index (χ1) is 18.7. The number of nitrogens with zero attached hydrogens (tertiary/aromatic N) is 3. The largest absolute Gasteiger partial charge is 0.456 e. The molecule has 0 amide bonds. The molecule has 0 fully saturated rings. The van der Waals surface area contributed by atoms with Crippen LogP contribution in [0, 0.1) is 0 Å². The van der Waals surface area contributed by atoms with Crippen molar-refractivity contribution in [1.29, 1.82) is 0 Å². The van der Waals surface area contributed by atoms with Gasteiger partial charge in [-0.3, -0.25) is 4.98 Å². The number of pyridine rings is 1. The molecule has 7 rings (SSSR count). The Morgan fingerprint density at radius 3 is 2.21 bits per heavy atom. The first-order valence-corrected chi connectivity index (χ1v) is 13.1. The van der Waals surface area contributed by atoms with Gasteiger partial charge in [0.25, 0.3) is 0 Å². The summed E-state index contributed by atoms with van der Waals surface area (Å²) in [6.45, 7) is 0. The molecule has 5 heteroatoms. The fourth-order valence-electron chi connectivity index (χ4n) is 4.88. The van der Waals surface area contributed by atoms with Gasteiger partial charge in [-0.15, -0.1) is 0 Å². The maximum Gasteiger partial charge on any atom is 0.160 e. The summed E-state index contributed by atoms with van der Waals surface area (Å²) in [6.07, 6.45) is 3.66. The second-order valence-electron chi connectivity index (χ2n) is 9.08. The molecule has 0 aliphatic carbocycles. The van der Waals surface area contributed by atoms with Crippen molar-refractivity contribution < 1.29 is 4.42 Å². The van der Waals surface area contributed by atoms with Gasteiger partial charge in [-0.2, -0.15) is 0 Å². The Hall–Kier alpha value is -4.61. The fourth-order valence-corrected chi connectivity index (χ4v) is 5.37. The van der Waals surface area contributed by atoms with Gasteiger partial charge in [0.1, 0.15) is 11.2 Å². The highest BCUT2D eigenvalue weighted by Gasteiger charge is 2.17. The zero-order chi connectivity index (χ0) is 25.5. The van der Waals surface area contributed by atoms with Gasteiger partial charge in [0, 0.05) is 49.9 Å². The molecular formula is C33H20BrN3O. The van der Waals surface area contributed by atoms with Crippen LogP contribution in [0.5, 0.6) is 0 Å². The molecule has 180 valence electrons. The van der Waals surface area contributed by atoms with Gasteiger partial charge in [0.15, 0.2) is 5.82 Å². The molecule has 4 nitrogen and oxygen atoms in total. The number of aromatic nitrogens is 3. The highest BCUT2D eigenvalue weighted by atomic mass is 79.9. The zero-order valence-electron chi connectivity index (χ0n) is 20.2. The zero-order valence-corrected chi connectivity index (χ0v) is 21.8. The van der Waals surface area contributed by atoms with Crippen LogP contribution < -0.4 is 0 Å². The average Bonchev–Trinajstić information content (AvgIpc) is 3.36. The Morgan fingerprint density at radius 1 is 0.579 bits per heavy atom. The van der Waals surface area contributed by atoms with Crippen molar-refractivity contribution in [2.45, 2.75) is 0 Å². The van der Waals surface area contributed by atoms with Gasteiger partial charge < -0.3 is 4.42 Å². The third-order valence-corrected chi connectivity index (χ3v) is 7.08. The van der Waals surface area contributed by atoms with E-state index in [0.29, 0.717) is 5.82 Å². The second kappa shape index (κ2) is 9.36. The van der Waals surface area contributed by atoms with Crippen molar-refractivity contribution in [3.05, 3.63) is 126 Å². The molecule has 3 heterocycles. The molecule has 0 spiro atoms. The van der Waals surface area contributed by atoms with E-state index in [9.17, 15) is 0 Å². The van der Waals surface area contributed by atoms with Crippen molar-refractivity contribution in [2.75, 3.05) is 0 Å². The number of hydrogen-bond donors (Lipinski definition) is 0. The van der Waals surface area contributed by atoms with Gasteiger partial charge in [-0.1, -0.05) is 82.7 Å². The van der Waals surface area contributed by atoms with Crippen LogP contribution in [0.2, 0.25) is 0 Å².